The lowest BCUT2D eigenvalue weighted by Crippen LogP contribution is -2.35. The predicted molar refractivity (Wildman–Crippen MR) is 129 cm³/mol. The maximum absolute atomic E-state index is 12.9. The maximum atomic E-state index is 12.9. The smallest absolute Gasteiger partial charge is 0.232 e. The standard InChI is InChI=1S/C25H26N4O3S/c1-16-12-17(2)23-19(28-32-20(23)13-16)14-22(30)26-25-27-24(18-6-4-3-5-7-18)21(33-25)15-29-8-10-31-11-9-29/h3-7,12-13H,8-11,14-15H2,1-2H3,(H,26,27,30). The van der Waals surface area contributed by atoms with Crippen LogP contribution in [0.5, 0.6) is 0 Å². The van der Waals surface area contributed by atoms with Crippen molar-refractivity contribution in [3.05, 3.63) is 64.2 Å². The molecule has 1 N–H and O–H groups in total. The number of aryl methyl sites for hydroxylation is 2. The van der Waals surface area contributed by atoms with Gasteiger partial charge in [0, 0.05) is 35.5 Å². The van der Waals surface area contributed by atoms with Gasteiger partial charge in [0.05, 0.1) is 25.3 Å². The van der Waals surface area contributed by atoms with Crippen molar-refractivity contribution in [3.63, 3.8) is 0 Å². The Hall–Kier alpha value is -3.07. The molecule has 4 aromatic rings. The fraction of sp³-hybridized carbons (Fsp3) is 0.320. The fourth-order valence-corrected chi connectivity index (χ4v) is 5.30. The van der Waals surface area contributed by atoms with Crippen molar-refractivity contribution in [3.8, 4) is 11.3 Å². The second-order valence-electron chi connectivity index (χ2n) is 8.35. The SMILES string of the molecule is Cc1cc(C)c2c(CC(=O)Nc3nc(-c4ccccc4)c(CN4CCOCC4)s3)noc2c1. The third-order valence-electron chi connectivity index (χ3n) is 5.78. The van der Waals surface area contributed by atoms with Crippen molar-refractivity contribution in [2.75, 3.05) is 31.6 Å². The van der Waals surface area contributed by atoms with E-state index in [1.165, 1.54) is 11.3 Å². The summed E-state index contributed by atoms with van der Waals surface area (Å²) >= 11 is 1.53. The molecule has 0 spiro atoms. The second kappa shape index (κ2) is 9.43. The molecule has 1 saturated heterocycles. The van der Waals surface area contributed by atoms with E-state index in [4.69, 9.17) is 14.2 Å². The number of aromatic nitrogens is 2. The van der Waals surface area contributed by atoms with Crippen LogP contribution in [0.25, 0.3) is 22.2 Å². The lowest BCUT2D eigenvalue weighted by molar-refractivity contribution is -0.115. The van der Waals surface area contributed by atoms with Crippen LogP contribution in [0.2, 0.25) is 0 Å². The van der Waals surface area contributed by atoms with E-state index in [1.54, 1.807) is 0 Å². The number of thiazole rings is 1. The van der Waals surface area contributed by atoms with E-state index in [0.717, 1.165) is 65.5 Å². The van der Waals surface area contributed by atoms with Gasteiger partial charge in [-0.2, -0.15) is 0 Å². The van der Waals surface area contributed by atoms with Gasteiger partial charge >= 0.3 is 0 Å². The summed E-state index contributed by atoms with van der Waals surface area (Å²) in [4.78, 5) is 21.2. The Morgan fingerprint density at radius 1 is 1.15 bits per heavy atom. The summed E-state index contributed by atoms with van der Waals surface area (Å²) in [7, 11) is 0. The van der Waals surface area contributed by atoms with Crippen molar-refractivity contribution in [2.24, 2.45) is 0 Å². The van der Waals surface area contributed by atoms with E-state index in [2.05, 4.69) is 33.6 Å². The number of anilines is 1. The number of ether oxygens (including phenoxy) is 1. The molecule has 3 heterocycles. The van der Waals surface area contributed by atoms with E-state index in [0.29, 0.717) is 16.4 Å². The zero-order valence-corrected chi connectivity index (χ0v) is 19.6. The maximum Gasteiger partial charge on any atom is 0.232 e. The van der Waals surface area contributed by atoms with Gasteiger partial charge in [-0.3, -0.25) is 9.69 Å². The summed E-state index contributed by atoms with van der Waals surface area (Å²) in [5.41, 5.74) is 5.49. The molecule has 0 saturated carbocycles. The molecule has 1 aliphatic rings. The number of carbonyl (C=O) groups is 1. The highest BCUT2D eigenvalue weighted by Crippen LogP contribution is 2.33. The molecule has 0 radical (unpaired) electrons. The number of nitrogens with one attached hydrogen (secondary N) is 1. The van der Waals surface area contributed by atoms with Gasteiger partial charge < -0.3 is 14.6 Å². The Balaban J connectivity index is 1.37. The van der Waals surface area contributed by atoms with Gasteiger partial charge in [0.2, 0.25) is 5.91 Å². The minimum atomic E-state index is -0.156. The minimum Gasteiger partial charge on any atom is -0.379 e. The molecule has 2 aromatic carbocycles. The van der Waals surface area contributed by atoms with Gasteiger partial charge in [-0.05, 0) is 31.0 Å². The summed E-state index contributed by atoms with van der Waals surface area (Å²) < 4.78 is 10.9. The van der Waals surface area contributed by atoms with Crippen molar-refractivity contribution in [2.45, 2.75) is 26.8 Å². The summed E-state index contributed by atoms with van der Waals surface area (Å²) in [6, 6.07) is 14.1. The number of amides is 1. The molecule has 8 heteroatoms. The summed E-state index contributed by atoms with van der Waals surface area (Å²) in [6.07, 6.45) is 0.135. The van der Waals surface area contributed by atoms with Crippen LogP contribution in [0.1, 0.15) is 21.7 Å². The highest BCUT2D eigenvalue weighted by molar-refractivity contribution is 7.16. The third kappa shape index (κ3) is 4.83. The molecule has 7 nitrogen and oxygen atoms in total. The quantitative estimate of drug-likeness (QED) is 0.452. The topological polar surface area (TPSA) is 80.5 Å². The van der Waals surface area contributed by atoms with E-state index >= 15 is 0 Å². The number of hydrogen-bond acceptors (Lipinski definition) is 7. The van der Waals surface area contributed by atoms with Crippen LogP contribution in [-0.2, 0) is 22.5 Å². The number of nitrogens with zero attached hydrogens (tertiary/aromatic N) is 3. The molecule has 0 aliphatic carbocycles. The molecular weight excluding hydrogens is 436 g/mol. The number of rotatable bonds is 6. The Kier molecular flexibility index (Phi) is 6.22. The number of morpholine rings is 1. The average Bonchev–Trinajstić information content (AvgIpc) is 3.39. The van der Waals surface area contributed by atoms with Crippen molar-refractivity contribution >= 4 is 33.3 Å². The number of benzene rings is 2. The van der Waals surface area contributed by atoms with E-state index in [1.807, 2.05) is 38.1 Å². The first-order valence-electron chi connectivity index (χ1n) is 11.1. The van der Waals surface area contributed by atoms with Crippen LogP contribution >= 0.6 is 11.3 Å². The average molecular weight is 463 g/mol. The third-order valence-corrected chi connectivity index (χ3v) is 6.73. The second-order valence-corrected chi connectivity index (χ2v) is 9.44. The van der Waals surface area contributed by atoms with Crippen LogP contribution in [0, 0.1) is 13.8 Å². The largest absolute Gasteiger partial charge is 0.379 e. The molecule has 1 fully saturated rings. The summed E-state index contributed by atoms with van der Waals surface area (Å²) in [5, 5.41) is 8.65. The molecule has 2 aromatic heterocycles. The van der Waals surface area contributed by atoms with Crippen LogP contribution in [0.15, 0.2) is 47.0 Å². The monoisotopic (exact) mass is 462 g/mol. The molecule has 1 amide bonds. The number of hydrogen-bond donors (Lipinski definition) is 1. The summed E-state index contributed by atoms with van der Waals surface area (Å²) in [6.45, 7) is 8.09. The molecule has 33 heavy (non-hydrogen) atoms. The Bertz CT molecular complexity index is 1280. The zero-order valence-electron chi connectivity index (χ0n) is 18.8. The fourth-order valence-electron chi connectivity index (χ4n) is 4.25. The minimum absolute atomic E-state index is 0.135. The van der Waals surface area contributed by atoms with E-state index in [9.17, 15) is 4.79 Å². The normalized spacial score (nSPS) is 14.6. The molecular formula is C25H26N4O3S. The zero-order chi connectivity index (χ0) is 22.8. The van der Waals surface area contributed by atoms with Gasteiger partial charge in [-0.25, -0.2) is 4.98 Å². The van der Waals surface area contributed by atoms with Crippen LogP contribution in [0.3, 0.4) is 0 Å². The highest BCUT2D eigenvalue weighted by Gasteiger charge is 2.20. The highest BCUT2D eigenvalue weighted by atomic mass is 32.1. The molecule has 1 aliphatic heterocycles. The van der Waals surface area contributed by atoms with Gasteiger partial charge in [0.25, 0.3) is 0 Å². The van der Waals surface area contributed by atoms with Crippen molar-refractivity contribution in [1.82, 2.24) is 15.0 Å². The first kappa shape index (κ1) is 21.8. The Morgan fingerprint density at radius 3 is 2.73 bits per heavy atom. The van der Waals surface area contributed by atoms with Crippen LogP contribution in [-0.4, -0.2) is 47.3 Å². The van der Waals surface area contributed by atoms with Gasteiger partial charge in [0.1, 0.15) is 5.69 Å². The van der Waals surface area contributed by atoms with Crippen molar-refractivity contribution in [1.29, 1.82) is 0 Å². The lowest BCUT2D eigenvalue weighted by atomic mass is 10.0. The first-order valence-corrected chi connectivity index (χ1v) is 11.9. The van der Waals surface area contributed by atoms with Crippen LogP contribution < -0.4 is 5.32 Å². The van der Waals surface area contributed by atoms with Crippen LogP contribution in [0.4, 0.5) is 5.13 Å². The summed E-state index contributed by atoms with van der Waals surface area (Å²) in [5.74, 6) is -0.156. The van der Waals surface area contributed by atoms with E-state index < -0.39 is 0 Å². The van der Waals surface area contributed by atoms with E-state index in [-0.39, 0.29) is 12.3 Å². The molecule has 0 unspecified atom stereocenters. The molecule has 0 atom stereocenters. The number of carbonyl (C=O) groups excluding carboxylic acids is 1. The van der Waals surface area contributed by atoms with Gasteiger partial charge in [-0.15, -0.1) is 0 Å². The predicted octanol–water partition coefficient (Wildman–Crippen LogP) is 4.58. The van der Waals surface area contributed by atoms with Gasteiger partial charge in [-0.1, -0.05) is 52.9 Å². The number of fused-ring (bicyclic) bond motifs is 1. The lowest BCUT2D eigenvalue weighted by Gasteiger charge is -2.26. The molecule has 0 bridgehead atoms. The van der Waals surface area contributed by atoms with Crippen molar-refractivity contribution < 1.29 is 14.1 Å². The molecule has 170 valence electrons. The molecule has 5 rings (SSSR count). The Morgan fingerprint density at radius 2 is 1.94 bits per heavy atom. The van der Waals surface area contributed by atoms with Gasteiger partial charge in [0.15, 0.2) is 10.7 Å². The Labute approximate surface area is 196 Å². The first-order chi connectivity index (χ1) is 16.1.